The lowest BCUT2D eigenvalue weighted by molar-refractivity contribution is 0.271. The van der Waals surface area contributed by atoms with Crippen molar-refractivity contribution in [3.8, 4) is 56.3 Å². The normalized spacial score (nSPS) is 11.2. The lowest BCUT2D eigenvalue weighted by Gasteiger charge is -2.16. The second-order valence-electron chi connectivity index (χ2n) is 12.8. The van der Waals surface area contributed by atoms with Gasteiger partial charge in [-0.25, -0.2) is 4.98 Å². The number of aliphatic hydroxyl groups is 1. The van der Waals surface area contributed by atoms with Crippen molar-refractivity contribution in [3.05, 3.63) is 143 Å². The Hall–Kier alpha value is -5.77. The number of methoxy groups -OCH3 is 2. The summed E-state index contributed by atoms with van der Waals surface area (Å²) < 4.78 is 12.9. The summed E-state index contributed by atoms with van der Waals surface area (Å²) in [5.74, 6) is 3.04. The fourth-order valence-corrected chi connectivity index (χ4v) is 6.94. The highest BCUT2D eigenvalue weighted by atomic mass is 35.5. The molecule has 0 aliphatic heterocycles. The molecule has 0 saturated carbocycles. The van der Waals surface area contributed by atoms with Gasteiger partial charge < -0.3 is 19.1 Å². The van der Waals surface area contributed by atoms with Crippen molar-refractivity contribution in [1.29, 1.82) is 0 Å². The van der Waals surface area contributed by atoms with Crippen molar-refractivity contribution >= 4 is 11.6 Å². The predicted octanol–water partition coefficient (Wildman–Crippen LogP) is 9.14. The van der Waals surface area contributed by atoms with Gasteiger partial charge in [0.25, 0.3) is 0 Å². The first-order chi connectivity index (χ1) is 26.0. The van der Waals surface area contributed by atoms with E-state index in [0.717, 1.165) is 86.7 Å². The van der Waals surface area contributed by atoms with Crippen molar-refractivity contribution in [1.82, 2.24) is 29.8 Å². The van der Waals surface area contributed by atoms with Gasteiger partial charge in [-0.15, -0.1) is 10.2 Å². The van der Waals surface area contributed by atoms with E-state index in [9.17, 15) is 5.11 Å². The third-order valence-electron chi connectivity index (χ3n) is 9.48. The fourth-order valence-electron chi connectivity index (χ4n) is 6.68. The number of unbranched alkanes of at least 4 members (excludes halogenated alkanes) is 1. The number of aromatic nitrogens is 6. The third-order valence-corrected chi connectivity index (χ3v) is 9.78. The molecule has 0 saturated heterocycles. The molecule has 0 aliphatic rings. The number of aryl methyl sites for hydroxylation is 1. The molecular formula is C43H41ClN6O3. The molecule has 7 rings (SSSR count). The second kappa shape index (κ2) is 16.3. The highest BCUT2D eigenvalue weighted by Crippen LogP contribution is 2.37. The van der Waals surface area contributed by atoms with Crippen molar-refractivity contribution in [2.75, 3.05) is 14.2 Å². The maximum Gasteiger partial charge on any atom is 0.205 e. The minimum absolute atomic E-state index is 0.159. The predicted molar refractivity (Wildman–Crippen MR) is 209 cm³/mol. The Morgan fingerprint density at radius 2 is 1.32 bits per heavy atom. The first-order valence-corrected chi connectivity index (χ1v) is 18.1. The molecule has 0 amide bonds. The van der Waals surface area contributed by atoms with Crippen LogP contribution in [0.2, 0.25) is 5.15 Å². The van der Waals surface area contributed by atoms with Crippen LogP contribution in [0.25, 0.3) is 44.8 Å². The molecular weight excluding hydrogens is 684 g/mol. The summed E-state index contributed by atoms with van der Waals surface area (Å²) in [5.41, 5.74) is 10.0. The second-order valence-corrected chi connectivity index (χ2v) is 13.2. The van der Waals surface area contributed by atoms with Gasteiger partial charge in [-0.05, 0) is 80.4 Å². The molecule has 0 radical (unpaired) electrons. The van der Waals surface area contributed by atoms with Gasteiger partial charge in [0.15, 0.2) is 5.15 Å². The van der Waals surface area contributed by atoms with Crippen molar-refractivity contribution < 1.29 is 14.6 Å². The molecule has 10 heteroatoms. The van der Waals surface area contributed by atoms with Crippen LogP contribution in [-0.2, 0) is 26.1 Å². The van der Waals surface area contributed by atoms with Gasteiger partial charge in [0.05, 0.1) is 33.1 Å². The summed E-state index contributed by atoms with van der Waals surface area (Å²) in [6.07, 6.45) is 2.87. The molecule has 9 nitrogen and oxygen atoms in total. The Morgan fingerprint density at radius 3 is 1.98 bits per heavy atom. The van der Waals surface area contributed by atoms with Gasteiger partial charge in [0.1, 0.15) is 17.3 Å². The molecule has 0 bridgehead atoms. The van der Waals surface area contributed by atoms with Crippen LogP contribution in [-0.4, -0.2) is 49.1 Å². The number of aliphatic hydroxyl groups excluding tert-OH is 1. The summed E-state index contributed by atoms with van der Waals surface area (Å²) >= 11 is 6.39. The van der Waals surface area contributed by atoms with E-state index in [-0.39, 0.29) is 6.61 Å². The van der Waals surface area contributed by atoms with Crippen LogP contribution in [0.5, 0.6) is 11.5 Å². The highest BCUT2D eigenvalue weighted by molar-refractivity contribution is 6.30. The number of nitrogens with zero attached hydrogens (tertiary/aromatic N) is 6. The fraction of sp³-hybridized carbons (Fsp3) is 0.209. The van der Waals surface area contributed by atoms with E-state index in [1.165, 1.54) is 0 Å². The van der Waals surface area contributed by atoms with Crippen LogP contribution in [0.15, 0.2) is 115 Å². The number of hydrogen-bond donors (Lipinski definition) is 1. The Bertz CT molecular complexity index is 2300. The van der Waals surface area contributed by atoms with Crippen molar-refractivity contribution in [2.24, 2.45) is 0 Å². The summed E-state index contributed by atoms with van der Waals surface area (Å²) in [7, 11) is 3.34. The molecule has 0 atom stereocenters. The zero-order valence-electron chi connectivity index (χ0n) is 30.0. The lowest BCUT2D eigenvalue weighted by Crippen LogP contribution is -2.09. The van der Waals surface area contributed by atoms with Gasteiger partial charge in [-0.1, -0.05) is 116 Å². The third kappa shape index (κ3) is 7.72. The van der Waals surface area contributed by atoms with Gasteiger partial charge in [0.2, 0.25) is 5.82 Å². The summed E-state index contributed by atoms with van der Waals surface area (Å²) in [6.45, 7) is 2.99. The molecule has 7 aromatic rings. The summed E-state index contributed by atoms with van der Waals surface area (Å²) in [4.78, 5) is 6.20. The molecule has 268 valence electrons. The minimum atomic E-state index is -0.159. The average Bonchev–Trinajstić information content (AvgIpc) is 3.80. The summed E-state index contributed by atoms with van der Waals surface area (Å²) in [5, 5.41) is 24.3. The van der Waals surface area contributed by atoms with E-state index in [1.54, 1.807) is 19.0 Å². The van der Waals surface area contributed by atoms with E-state index in [2.05, 4.69) is 95.0 Å². The number of imidazole rings is 1. The quantitative estimate of drug-likeness (QED) is 0.119. The maximum atomic E-state index is 10.0. The van der Waals surface area contributed by atoms with Crippen LogP contribution in [0.3, 0.4) is 0 Å². The Kier molecular flexibility index (Phi) is 10.9. The maximum absolute atomic E-state index is 10.0. The largest absolute Gasteiger partial charge is 0.497 e. The number of ether oxygens (including phenoxy) is 2. The smallest absolute Gasteiger partial charge is 0.205 e. The van der Waals surface area contributed by atoms with Crippen LogP contribution >= 0.6 is 11.6 Å². The first-order valence-electron chi connectivity index (χ1n) is 17.7. The molecule has 2 aromatic heterocycles. The molecule has 1 N–H and O–H groups in total. The van der Waals surface area contributed by atoms with E-state index in [1.807, 2.05) is 47.0 Å². The molecule has 0 fully saturated rings. The van der Waals surface area contributed by atoms with E-state index in [4.69, 9.17) is 26.2 Å². The Labute approximate surface area is 314 Å². The van der Waals surface area contributed by atoms with E-state index >= 15 is 0 Å². The van der Waals surface area contributed by atoms with Crippen LogP contribution in [0.1, 0.15) is 42.4 Å². The van der Waals surface area contributed by atoms with E-state index < -0.39 is 0 Å². The number of hydrogen-bond acceptors (Lipinski definition) is 7. The monoisotopic (exact) mass is 724 g/mol. The van der Waals surface area contributed by atoms with Crippen LogP contribution in [0.4, 0.5) is 0 Å². The topological polar surface area (TPSA) is 100 Å². The number of tetrazole rings is 1. The van der Waals surface area contributed by atoms with Crippen LogP contribution in [0, 0.1) is 0 Å². The molecule has 5 aromatic carbocycles. The molecule has 2 heterocycles. The zero-order chi connectivity index (χ0) is 36.7. The van der Waals surface area contributed by atoms with Gasteiger partial charge in [0, 0.05) is 18.5 Å². The minimum Gasteiger partial charge on any atom is -0.497 e. The van der Waals surface area contributed by atoms with Crippen molar-refractivity contribution in [2.45, 2.75) is 45.9 Å². The molecule has 53 heavy (non-hydrogen) atoms. The van der Waals surface area contributed by atoms with E-state index in [0.29, 0.717) is 29.8 Å². The van der Waals surface area contributed by atoms with Gasteiger partial charge >= 0.3 is 0 Å². The van der Waals surface area contributed by atoms with Crippen LogP contribution < -0.4 is 9.47 Å². The number of rotatable bonds is 14. The highest BCUT2D eigenvalue weighted by Gasteiger charge is 2.18. The molecule has 0 aliphatic carbocycles. The molecule has 0 spiro atoms. The average molecular weight is 725 g/mol. The number of benzene rings is 5. The SMILES string of the molecule is CCCCc1nc(Cl)c(CO)n1Cc1ccc(-c2ccccc2-c2nnn(Cc3cccc(-c4ccc(OC)cc4)c3-c3ccc(OC)cc3)n2)cc1. The molecule has 0 unspecified atom stereocenters. The standard InChI is InChI=1S/C43H41ClN6O3/c1-4-5-13-40-45-42(44)39(28-51)49(40)26-29-14-16-30(17-15-29)36-10-6-7-11-38(36)43-46-48-50(47-43)27-33-9-8-12-37(31-18-22-34(52-2)23-19-31)41(33)32-20-24-35(53-3)25-21-32/h6-12,14-25,51H,4-5,13,26-28H2,1-3H3. The van der Waals surface area contributed by atoms with Gasteiger partial charge in [-0.3, -0.25) is 0 Å². The zero-order valence-corrected chi connectivity index (χ0v) is 30.8. The van der Waals surface area contributed by atoms with Gasteiger partial charge in [-0.2, -0.15) is 4.80 Å². The number of halogens is 1. The lowest BCUT2D eigenvalue weighted by atomic mass is 9.90. The Balaban J connectivity index is 1.17. The Morgan fingerprint density at radius 1 is 0.698 bits per heavy atom. The first kappa shape index (κ1) is 35.6. The summed E-state index contributed by atoms with van der Waals surface area (Å²) in [6, 6.07) is 39.0. The van der Waals surface area contributed by atoms with Crippen molar-refractivity contribution in [3.63, 3.8) is 0 Å².